The van der Waals surface area contributed by atoms with Gasteiger partial charge >= 0.3 is 0 Å². The van der Waals surface area contributed by atoms with Crippen molar-refractivity contribution in [3.05, 3.63) is 0 Å². The summed E-state index contributed by atoms with van der Waals surface area (Å²) in [5, 5.41) is 71.4. The highest BCUT2D eigenvalue weighted by Crippen LogP contribution is 2.32. The molecular weight excluding hydrogens is 354 g/mol. The van der Waals surface area contributed by atoms with Crippen molar-refractivity contribution < 1.29 is 50.0 Å². The average Bonchev–Trinajstić information content (AvgIpc) is 2.60. The van der Waals surface area contributed by atoms with Crippen LogP contribution < -0.4 is 5.32 Å². The quantitative estimate of drug-likeness (QED) is 0.230. The summed E-state index contributed by atoms with van der Waals surface area (Å²) in [6.07, 6.45) is -11.3. The molecule has 1 amide bonds. The second-order valence-corrected chi connectivity index (χ2v) is 6.76. The first-order valence-corrected chi connectivity index (χ1v) is 8.41. The van der Waals surface area contributed by atoms with E-state index in [2.05, 4.69) is 5.32 Å². The minimum absolute atomic E-state index is 0.000591. The van der Waals surface area contributed by atoms with Crippen LogP contribution in [-0.4, -0.2) is 110 Å². The summed E-state index contributed by atoms with van der Waals surface area (Å²) in [5.41, 5.74) is 0. The molecule has 2 rings (SSSR count). The van der Waals surface area contributed by atoms with E-state index in [-0.39, 0.29) is 6.42 Å². The summed E-state index contributed by atoms with van der Waals surface area (Å²) in [4.78, 5) is 11.3. The van der Waals surface area contributed by atoms with Gasteiger partial charge in [0.05, 0.1) is 24.9 Å². The van der Waals surface area contributed by atoms with Gasteiger partial charge in [-0.15, -0.1) is 0 Å². The fourth-order valence-electron chi connectivity index (χ4n) is 3.42. The van der Waals surface area contributed by atoms with E-state index in [4.69, 9.17) is 9.47 Å². The molecule has 0 bridgehead atoms. The van der Waals surface area contributed by atoms with Crippen LogP contribution in [0.5, 0.6) is 0 Å². The van der Waals surface area contributed by atoms with Crippen molar-refractivity contribution in [2.75, 3.05) is 13.2 Å². The molecule has 1 saturated heterocycles. The van der Waals surface area contributed by atoms with Gasteiger partial charge in [-0.3, -0.25) is 4.79 Å². The molecule has 0 aromatic heterocycles. The Balaban J connectivity index is 2.16. The molecule has 1 aliphatic carbocycles. The number of hydrogen-bond acceptors (Lipinski definition) is 10. The van der Waals surface area contributed by atoms with Gasteiger partial charge in [-0.05, 0) is 6.42 Å². The Morgan fingerprint density at radius 2 is 1.69 bits per heavy atom. The molecule has 1 saturated carbocycles. The number of ether oxygens (including phenoxy) is 2. The molecule has 8 N–H and O–H groups in total. The summed E-state index contributed by atoms with van der Waals surface area (Å²) in [6.45, 7) is 0.114. The van der Waals surface area contributed by atoms with Crippen LogP contribution in [0.15, 0.2) is 0 Å². The minimum atomic E-state index is -1.68. The Bertz CT molecular complexity index is 477. The number of nitrogens with one attached hydrogen (secondary N) is 1. The van der Waals surface area contributed by atoms with Crippen LogP contribution in [0.1, 0.15) is 13.3 Å². The molecule has 11 heteroatoms. The van der Waals surface area contributed by atoms with Crippen molar-refractivity contribution in [1.29, 1.82) is 0 Å². The molecule has 0 spiro atoms. The summed E-state index contributed by atoms with van der Waals surface area (Å²) in [7, 11) is 0. The average molecular weight is 381 g/mol. The van der Waals surface area contributed by atoms with Crippen LogP contribution in [0.2, 0.25) is 0 Å². The van der Waals surface area contributed by atoms with Crippen LogP contribution >= 0.6 is 0 Å². The number of rotatable bonds is 5. The first-order chi connectivity index (χ1) is 12.2. The van der Waals surface area contributed by atoms with Gasteiger partial charge in [0.25, 0.3) is 0 Å². The van der Waals surface area contributed by atoms with E-state index in [9.17, 15) is 40.5 Å². The van der Waals surface area contributed by atoms with E-state index < -0.39 is 80.1 Å². The molecule has 26 heavy (non-hydrogen) atoms. The van der Waals surface area contributed by atoms with Gasteiger partial charge in [0.2, 0.25) is 5.91 Å². The highest BCUT2D eigenvalue weighted by molar-refractivity contribution is 5.73. The number of aliphatic hydroxyl groups is 7. The lowest BCUT2D eigenvalue weighted by Crippen LogP contribution is -2.65. The summed E-state index contributed by atoms with van der Waals surface area (Å²) < 4.78 is 10.8. The van der Waals surface area contributed by atoms with E-state index in [1.54, 1.807) is 0 Å². The van der Waals surface area contributed by atoms with Crippen LogP contribution in [0.3, 0.4) is 0 Å². The molecule has 10 atom stereocenters. The highest BCUT2D eigenvalue weighted by Gasteiger charge is 2.49. The number of aliphatic hydroxyl groups excluding tert-OH is 7. The van der Waals surface area contributed by atoms with Crippen LogP contribution in [0.25, 0.3) is 0 Å². The molecule has 2 aliphatic rings. The van der Waals surface area contributed by atoms with Gasteiger partial charge in [-0.1, -0.05) is 0 Å². The monoisotopic (exact) mass is 381 g/mol. The second-order valence-electron chi connectivity index (χ2n) is 6.76. The maximum Gasteiger partial charge on any atom is 0.217 e. The Kier molecular flexibility index (Phi) is 7.30. The lowest BCUT2D eigenvalue weighted by atomic mass is 9.79. The Morgan fingerprint density at radius 1 is 1.04 bits per heavy atom. The Labute approximate surface area is 149 Å². The second kappa shape index (κ2) is 8.87. The third-order valence-electron chi connectivity index (χ3n) is 4.87. The normalized spacial score (nSPS) is 46.8. The number of carbonyl (C=O) groups excluding carboxylic acids is 1. The zero-order valence-electron chi connectivity index (χ0n) is 14.3. The minimum Gasteiger partial charge on any atom is -0.396 e. The third kappa shape index (κ3) is 4.32. The van der Waals surface area contributed by atoms with E-state index in [0.29, 0.717) is 0 Å². The maximum atomic E-state index is 11.3. The van der Waals surface area contributed by atoms with Gasteiger partial charge in [0, 0.05) is 19.4 Å². The van der Waals surface area contributed by atoms with Gasteiger partial charge < -0.3 is 50.5 Å². The predicted octanol–water partition coefficient (Wildman–Crippen LogP) is -4.59. The number of amides is 1. The van der Waals surface area contributed by atoms with Crippen molar-refractivity contribution in [2.24, 2.45) is 5.92 Å². The molecule has 0 aromatic rings. The first kappa shape index (κ1) is 21.4. The van der Waals surface area contributed by atoms with Gasteiger partial charge in [0.15, 0.2) is 6.29 Å². The van der Waals surface area contributed by atoms with Gasteiger partial charge in [-0.25, -0.2) is 0 Å². The lowest BCUT2D eigenvalue weighted by Gasteiger charge is -2.46. The molecular formula is C15H27NO10. The van der Waals surface area contributed by atoms with Gasteiger partial charge in [-0.2, -0.15) is 0 Å². The lowest BCUT2D eigenvalue weighted by molar-refractivity contribution is -0.326. The molecule has 1 heterocycles. The number of carbonyl (C=O) groups is 1. The summed E-state index contributed by atoms with van der Waals surface area (Å²) in [5.74, 6) is -1.22. The molecule has 0 unspecified atom stereocenters. The molecule has 0 aromatic carbocycles. The van der Waals surface area contributed by atoms with Gasteiger partial charge in [0.1, 0.15) is 30.5 Å². The zero-order valence-corrected chi connectivity index (χ0v) is 14.3. The fraction of sp³-hybridized carbons (Fsp3) is 0.933. The SMILES string of the molecule is CC(=O)N[C@@H]1[C@@H](O)[C@H](O[C@@H]2O[C@H](CO)[C@H](O)[C@H](O)[C@H]2O)[C@@H](CO)C[C@H]1O. The van der Waals surface area contributed by atoms with Crippen molar-refractivity contribution in [3.8, 4) is 0 Å². The Hall–Kier alpha value is -0.890. The fourth-order valence-corrected chi connectivity index (χ4v) is 3.42. The maximum absolute atomic E-state index is 11.3. The van der Waals surface area contributed by atoms with E-state index in [1.165, 1.54) is 6.92 Å². The predicted molar refractivity (Wildman–Crippen MR) is 83.5 cm³/mol. The largest absolute Gasteiger partial charge is 0.396 e. The van der Waals surface area contributed by atoms with E-state index >= 15 is 0 Å². The standard InChI is InChI=1S/C15H27NO10/c1-5(19)16-9-7(20)2-6(3-17)14(11(9)22)26-15-13(24)12(23)10(21)8(4-18)25-15/h6-15,17-18,20-24H,2-4H2,1H3,(H,16,19)/t6-,7-,8-,9+,10+,11-,12+,13-,14-,15+/m1/s1. The zero-order chi connectivity index (χ0) is 19.6. The topological polar surface area (TPSA) is 189 Å². The highest BCUT2D eigenvalue weighted by atomic mass is 16.7. The molecule has 11 nitrogen and oxygen atoms in total. The molecule has 2 fully saturated rings. The third-order valence-corrected chi connectivity index (χ3v) is 4.87. The number of hydrogen-bond donors (Lipinski definition) is 8. The van der Waals surface area contributed by atoms with Crippen LogP contribution in [0, 0.1) is 5.92 Å². The molecule has 0 radical (unpaired) electrons. The van der Waals surface area contributed by atoms with Crippen LogP contribution in [0.4, 0.5) is 0 Å². The first-order valence-electron chi connectivity index (χ1n) is 8.41. The van der Waals surface area contributed by atoms with Crippen LogP contribution in [-0.2, 0) is 14.3 Å². The van der Waals surface area contributed by atoms with Crippen molar-refractivity contribution in [2.45, 2.75) is 68.4 Å². The van der Waals surface area contributed by atoms with Crippen molar-refractivity contribution in [1.82, 2.24) is 5.32 Å². The smallest absolute Gasteiger partial charge is 0.217 e. The van der Waals surface area contributed by atoms with Crippen molar-refractivity contribution in [3.63, 3.8) is 0 Å². The summed E-state index contributed by atoms with van der Waals surface area (Å²) in [6, 6.07) is -1.06. The van der Waals surface area contributed by atoms with E-state index in [1.807, 2.05) is 0 Å². The molecule has 152 valence electrons. The Morgan fingerprint density at radius 3 is 2.23 bits per heavy atom. The molecule has 1 aliphatic heterocycles. The van der Waals surface area contributed by atoms with Crippen molar-refractivity contribution >= 4 is 5.91 Å². The summed E-state index contributed by atoms with van der Waals surface area (Å²) >= 11 is 0. The van der Waals surface area contributed by atoms with E-state index in [0.717, 1.165) is 0 Å².